The maximum absolute atomic E-state index is 5.98. The van der Waals surface area contributed by atoms with Crippen molar-refractivity contribution in [3.8, 4) is 11.5 Å². The molecule has 2 aliphatic rings. The molecule has 0 saturated heterocycles. The topological polar surface area (TPSA) is 44.5 Å². The molecule has 1 aliphatic heterocycles. The molecule has 1 heterocycles. The van der Waals surface area contributed by atoms with Crippen LogP contribution >= 0.6 is 15.9 Å². The Balaban J connectivity index is 2.04. The maximum atomic E-state index is 5.98. The van der Waals surface area contributed by atoms with Crippen LogP contribution in [0.3, 0.4) is 0 Å². The quantitative estimate of drug-likeness (QED) is 0.911. The maximum Gasteiger partial charge on any atom is 0.246 e. The van der Waals surface area contributed by atoms with Crippen LogP contribution in [-0.4, -0.2) is 12.3 Å². The predicted octanol–water partition coefficient (Wildman–Crippen LogP) is 3.34. The number of benzene rings is 1. The van der Waals surface area contributed by atoms with Gasteiger partial charge in [0, 0.05) is 30.3 Å². The molecule has 1 saturated carbocycles. The molecule has 4 heteroatoms. The third-order valence-electron chi connectivity index (χ3n) is 4.02. The second-order valence-corrected chi connectivity index (χ2v) is 6.58. The van der Waals surface area contributed by atoms with E-state index in [9.17, 15) is 0 Å². The van der Waals surface area contributed by atoms with Crippen molar-refractivity contribution in [2.45, 2.75) is 44.3 Å². The fourth-order valence-electron chi connectivity index (χ4n) is 2.84. The molecule has 1 aromatic rings. The van der Waals surface area contributed by atoms with Crippen LogP contribution in [0.5, 0.6) is 11.5 Å². The molecular weight excluding hydrogens is 294 g/mol. The van der Waals surface area contributed by atoms with Crippen LogP contribution in [0.2, 0.25) is 0 Å². The minimum Gasteiger partial charge on any atom is -0.449 e. The van der Waals surface area contributed by atoms with Crippen LogP contribution in [-0.2, 0) is 5.41 Å². The summed E-state index contributed by atoms with van der Waals surface area (Å²) in [5.41, 5.74) is 7.36. The van der Waals surface area contributed by atoms with E-state index in [1.807, 2.05) is 19.9 Å². The Hall–Kier alpha value is -0.740. The minimum absolute atomic E-state index is 0.129. The summed E-state index contributed by atoms with van der Waals surface area (Å²) in [7, 11) is 0. The molecule has 3 nitrogen and oxygen atoms in total. The summed E-state index contributed by atoms with van der Waals surface area (Å²) in [6, 6.07) is 4.11. The molecule has 0 unspecified atom stereocenters. The van der Waals surface area contributed by atoms with Gasteiger partial charge >= 0.3 is 0 Å². The van der Waals surface area contributed by atoms with Crippen LogP contribution in [0, 0.1) is 0 Å². The SMILES string of the molecule is CC1(C)Oc2cc(Br)c(C3(CN)CCC3)cc2O1. The number of rotatable bonds is 2. The Labute approximate surface area is 116 Å². The fraction of sp³-hybridized carbons (Fsp3) is 0.571. The highest BCUT2D eigenvalue weighted by atomic mass is 79.9. The second kappa shape index (κ2) is 3.87. The third kappa shape index (κ3) is 1.74. The molecule has 18 heavy (non-hydrogen) atoms. The summed E-state index contributed by atoms with van der Waals surface area (Å²) < 4.78 is 12.6. The van der Waals surface area contributed by atoms with Crippen molar-refractivity contribution in [1.82, 2.24) is 0 Å². The van der Waals surface area contributed by atoms with E-state index < -0.39 is 5.79 Å². The van der Waals surface area contributed by atoms with Gasteiger partial charge in [0.2, 0.25) is 5.79 Å². The summed E-state index contributed by atoms with van der Waals surface area (Å²) >= 11 is 3.65. The highest BCUT2D eigenvalue weighted by Crippen LogP contribution is 2.50. The van der Waals surface area contributed by atoms with Gasteiger partial charge in [-0.15, -0.1) is 0 Å². The standard InChI is InChI=1S/C14H18BrNO2/c1-13(2)17-11-6-9(10(15)7-12(11)18-13)14(8-16)4-3-5-14/h6-7H,3-5,8,16H2,1-2H3. The van der Waals surface area contributed by atoms with Crippen LogP contribution < -0.4 is 15.2 Å². The van der Waals surface area contributed by atoms with Gasteiger partial charge in [-0.3, -0.25) is 0 Å². The summed E-state index contributed by atoms with van der Waals surface area (Å²) in [6.45, 7) is 4.53. The first kappa shape index (κ1) is 12.3. The highest BCUT2D eigenvalue weighted by molar-refractivity contribution is 9.10. The fourth-order valence-corrected chi connectivity index (χ4v) is 3.58. The van der Waals surface area contributed by atoms with Gasteiger partial charge < -0.3 is 15.2 Å². The van der Waals surface area contributed by atoms with E-state index in [0.29, 0.717) is 6.54 Å². The van der Waals surface area contributed by atoms with E-state index in [0.717, 1.165) is 28.8 Å². The predicted molar refractivity (Wildman–Crippen MR) is 74.1 cm³/mol. The number of ether oxygens (including phenoxy) is 2. The number of hydrogen-bond acceptors (Lipinski definition) is 3. The molecular formula is C14H18BrNO2. The summed E-state index contributed by atoms with van der Waals surface area (Å²) in [4.78, 5) is 0. The smallest absolute Gasteiger partial charge is 0.246 e. The summed E-state index contributed by atoms with van der Waals surface area (Å²) in [6.07, 6.45) is 3.57. The molecule has 98 valence electrons. The zero-order valence-corrected chi connectivity index (χ0v) is 12.3. The van der Waals surface area contributed by atoms with Crippen LogP contribution in [0.15, 0.2) is 16.6 Å². The second-order valence-electron chi connectivity index (χ2n) is 5.72. The van der Waals surface area contributed by atoms with E-state index >= 15 is 0 Å². The lowest BCUT2D eigenvalue weighted by Gasteiger charge is -2.42. The van der Waals surface area contributed by atoms with Crippen LogP contribution in [0.25, 0.3) is 0 Å². The van der Waals surface area contributed by atoms with Gasteiger partial charge in [0.15, 0.2) is 11.5 Å². The van der Waals surface area contributed by atoms with Crippen molar-refractivity contribution in [2.75, 3.05) is 6.54 Å². The molecule has 1 aromatic carbocycles. The van der Waals surface area contributed by atoms with Crippen LogP contribution in [0.4, 0.5) is 0 Å². The highest BCUT2D eigenvalue weighted by Gasteiger charge is 2.41. The van der Waals surface area contributed by atoms with Gasteiger partial charge in [-0.1, -0.05) is 22.4 Å². The van der Waals surface area contributed by atoms with Gasteiger partial charge in [0.05, 0.1) is 0 Å². The molecule has 0 spiro atoms. The van der Waals surface area contributed by atoms with Crippen molar-refractivity contribution >= 4 is 15.9 Å². The minimum atomic E-state index is -0.574. The Morgan fingerprint density at radius 2 is 1.83 bits per heavy atom. The first-order valence-electron chi connectivity index (χ1n) is 6.38. The van der Waals surface area contributed by atoms with Crippen LogP contribution in [0.1, 0.15) is 38.7 Å². The molecule has 0 aromatic heterocycles. The van der Waals surface area contributed by atoms with Gasteiger partial charge in [-0.2, -0.15) is 0 Å². The van der Waals surface area contributed by atoms with E-state index in [4.69, 9.17) is 15.2 Å². The molecule has 0 atom stereocenters. The normalized spacial score (nSPS) is 22.7. The average Bonchev–Trinajstić information content (AvgIpc) is 2.51. The summed E-state index contributed by atoms with van der Waals surface area (Å²) in [5, 5.41) is 0. The number of nitrogens with two attached hydrogens (primary N) is 1. The van der Waals surface area contributed by atoms with Crippen molar-refractivity contribution in [3.63, 3.8) is 0 Å². The van der Waals surface area contributed by atoms with Crippen molar-refractivity contribution in [2.24, 2.45) is 5.73 Å². The molecule has 0 radical (unpaired) electrons. The zero-order valence-electron chi connectivity index (χ0n) is 10.8. The Morgan fingerprint density at radius 1 is 1.22 bits per heavy atom. The van der Waals surface area contributed by atoms with Gasteiger partial charge in [0.25, 0.3) is 0 Å². The molecule has 0 bridgehead atoms. The van der Waals surface area contributed by atoms with Gasteiger partial charge in [0.1, 0.15) is 0 Å². The van der Waals surface area contributed by atoms with Gasteiger partial charge in [-0.25, -0.2) is 0 Å². The number of hydrogen-bond donors (Lipinski definition) is 1. The third-order valence-corrected chi connectivity index (χ3v) is 4.67. The van der Waals surface area contributed by atoms with E-state index in [2.05, 4.69) is 22.0 Å². The summed E-state index contributed by atoms with van der Waals surface area (Å²) in [5.74, 6) is 1.07. The van der Waals surface area contributed by atoms with Gasteiger partial charge in [-0.05, 0) is 30.5 Å². The zero-order chi connectivity index (χ0) is 13.0. The lowest BCUT2D eigenvalue weighted by Crippen LogP contribution is -2.41. The lowest BCUT2D eigenvalue weighted by atomic mass is 9.64. The first-order chi connectivity index (χ1) is 8.46. The number of fused-ring (bicyclic) bond motifs is 1. The average molecular weight is 312 g/mol. The van der Waals surface area contributed by atoms with E-state index in [-0.39, 0.29) is 5.41 Å². The Kier molecular flexibility index (Phi) is 2.65. The Bertz CT molecular complexity index is 489. The lowest BCUT2D eigenvalue weighted by molar-refractivity contribution is -0.0432. The molecule has 1 aliphatic carbocycles. The largest absolute Gasteiger partial charge is 0.449 e. The Morgan fingerprint density at radius 3 is 2.33 bits per heavy atom. The monoisotopic (exact) mass is 311 g/mol. The van der Waals surface area contributed by atoms with E-state index in [1.54, 1.807) is 0 Å². The molecule has 2 N–H and O–H groups in total. The van der Waals surface area contributed by atoms with Crippen molar-refractivity contribution < 1.29 is 9.47 Å². The van der Waals surface area contributed by atoms with E-state index in [1.165, 1.54) is 12.0 Å². The molecule has 0 amide bonds. The first-order valence-corrected chi connectivity index (χ1v) is 7.17. The van der Waals surface area contributed by atoms with Crippen molar-refractivity contribution in [1.29, 1.82) is 0 Å². The molecule has 1 fully saturated rings. The number of halogens is 1. The van der Waals surface area contributed by atoms with Crippen molar-refractivity contribution in [3.05, 3.63) is 22.2 Å². The molecule has 3 rings (SSSR count).